The van der Waals surface area contributed by atoms with Crippen molar-refractivity contribution in [2.24, 2.45) is 11.3 Å². The van der Waals surface area contributed by atoms with E-state index in [1.807, 2.05) is 0 Å². The summed E-state index contributed by atoms with van der Waals surface area (Å²) in [7, 11) is 0. The van der Waals surface area contributed by atoms with Crippen molar-refractivity contribution in [3.63, 3.8) is 0 Å². The lowest BCUT2D eigenvalue weighted by Crippen LogP contribution is -2.35. The summed E-state index contributed by atoms with van der Waals surface area (Å²) in [6.45, 7) is 7.01. The van der Waals surface area contributed by atoms with E-state index < -0.39 is 28.8 Å². The number of aliphatic hydroxyl groups excluding tert-OH is 1. The molecule has 0 bridgehead atoms. The minimum Gasteiger partial charge on any atom is -0.490 e. The van der Waals surface area contributed by atoms with E-state index >= 15 is 0 Å². The Labute approximate surface area is 185 Å². The standard InChI is InChI=1S/C24H30F3NO4/c1-22(2,3)16-6-9-18(10-7-16)32-20-12-5-15-13-17(23(4,14-29)28(30)31)8-11-19(15)21(20)24(25,26)27/h5,8,11-13,16,18,29H,6-7,9-10,14H2,1-4H3. The lowest BCUT2D eigenvalue weighted by atomic mass is 9.72. The second-order valence-electron chi connectivity index (χ2n) is 10.0. The molecule has 0 amide bonds. The molecule has 1 unspecified atom stereocenters. The van der Waals surface area contributed by atoms with Crippen molar-refractivity contribution in [3.05, 3.63) is 51.6 Å². The largest absolute Gasteiger partial charge is 0.490 e. The van der Waals surface area contributed by atoms with Crippen LogP contribution in [0.15, 0.2) is 30.3 Å². The lowest BCUT2D eigenvalue weighted by molar-refractivity contribution is -0.578. The van der Waals surface area contributed by atoms with Gasteiger partial charge < -0.3 is 9.84 Å². The van der Waals surface area contributed by atoms with Crippen LogP contribution in [0.4, 0.5) is 13.2 Å². The van der Waals surface area contributed by atoms with E-state index in [1.54, 1.807) is 0 Å². The van der Waals surface area contributed by atoms with Gasteiger partial charge in [0.15, 0.2) is 0 Å². The molecule has 1 N–H and O–H groups in total. The zero-order valence-corrected chi connectivity index (χ0v) is 18.8. The molecule has 1 aliphatic rings. The number of fused-ring (bicyclic) bond motifs is 1. The molecule has 2 aromatic rings. The van der Waals surface area contributed by atoms with Crippen LogP contribution in [0.25, 0.3) is 10.8 Å². The van der Waals surface area contributed by atoms with Crippen LogP contribution in [0.1, 0.15) is 64.5 Å². The van der Waals surface area contributed by atoms with Crippen LogP contribution in [0, 0.1) is 21.4 Å². The van der Waals surface area contributed by atoms with Crippen molar-refractivity contribution in [1.29, 1.82) is 0 Å². The van der Waals surface area contributed by atoms with Gasteiger partial charge in [0.25, 0.3) is 5.54 Å². The van der Waals surface area contributed by atoms with E-state index in [1.165, 1.54) is 37.3 Å². The fraction of sp³-hybridized carbons (Fsp3) is 0.583. The summed E-state index contributed by atoms with van der Waals surface area (Å²) < 4.78 is 48.0. The van der Waals surface area contributed by atoms with Gasteiger partial charge in [-0.15, -0.1) is 0 Å². The Bertz CT molecular complexity index is 991. The number of benzene rings is 2. The number of halogens is 3. The summed E-state index contributed by atoms with van der Waals surface area (Å²) in [5.41, 5.74) is -2.37. The average Bonchev–Trinajstić information content (AvgIpc) is 2.71. The highest BCUT2D eigenvalue weighted by Crippen LogP contribution is 2.44. The van der Waals surface area contributed by atoms with E-state index in [0.29, 0.717) is 18.8 Å². The van der Waals surface area contributed by atoms with Crippen LogP contribution in [-0.4, -0.2) is 22.7 Å². The minimum atomic E-state index is -4.65. The maximum absolute atomic E-state index is 14.1. The van der Waals surface area contributed by atoms with E-state index in [-0.39, 0.29) is 33.6 Å². The molecule has 5 nitrogen and oxygen atoms in total. The molecule has 1 atom stereocenters. The number of alkyl halides is 3. The van der Waals surface area contributed by atoms with Gasteiger partial charge >= 0.3 is 6.18 Å². The SMILES string of the molecule is CC(C)(C)C1CCC(Oc2ccc3cc(C(C)(CO)[N+](=O)[O-])ccc3c2C(F)(F)F)CC1. The Kier molecular flexibility index (Phi) is 6.48. The molecule has 0 saturated heterocycles. The summed E-state index contributed by atoms with van der Waals surface area (Å²) in [5, 5.41) is 21.1. The first kappa shape index (κ1) is 24.3. The van der Waals surface area contributed by atoms with Crippen LogP contribution in [0.2, 0.25) is 0 Å². The second kappa shape index (κ2) is 8.54. The van der Waals surface area contributed by atoms with Crippen molar-refractivity contribution in [2.75, 3.05) is 6.61 Å². The molecule has 8 heteroatoms. The van der Waals surface area contributed by atoms with Crippen LogP contribution < -0.4 is 4.74 Å². The third kappa shape index (κ3) is 4.70. The molecule has 0 aromatic heterocycles. The van der Waals surface area contributed by atoms with Gasteiger partial charge in [-0.05, 0) is 59.9 Å². The summed E-state index contributed by atoms with van der Waals surface area (Å²) in [4.78, 5) is 10.8. The highest BCUT2D eigenvalue weighted by Gasteiger charge is 2.41. The third-order valence-corrected chi connectivity index (χ3v) is 6.79. The van der Waals surface area contributed by atoms with E-state index in [9.17, 15) is 28.4 Å². The Morgan fingerprint density at radius 3 is 2.19 bits per heavy atom. The summed E-state index contributed by atoms with van der Waals surface area (Å²) in [6.07, 6.45) is -1.71. The zero-order valence-electron chi connectivity index (χ0n) is 18.8. The van der Waals surface area contributed by atoms with Gasteiger partial charge in [0.1, 0.15) is 17.9 Å². The predicted molar refractivity (Wildman–Crippen MR) is 116 cm³/mol. The normalized spacial score (nSPS) is 21.9. The highest BCUT2D eigenvalue weighted by molar-refractivity contribution is 5.89. The molecule has 3 rings (SSSR count). The molecule has 0 radical (unpaired) electrons. The van der Waals surface area contributed by atoms with Crippen molar-refractivity contribution < 1.29 is 27.9 Å². The summed E-state index contributed by atoms with van der Waals surface area (Å²) in [5.74, 6) is 0.304. The third-order valence-electron chi connectivity index (χ3n) is 6.79. The number of nitro groups is 1. The highest BCUT2D eigenvalue weighted by atomic mass is 19.4. The Morgan fingerprint density at radius 2 is 1.69 bits per heavy atom. The molecule has 0 spiro atoms. The molecule has 2 aromatic carbocycles. The number of nitrogens with zero attached hydrogens (tertiary/aromatic N) is 1. The lowest BCUT2D eigenvalue weighted by Gasteiger charge is -2.37. The van der Waals surface area contributed by atoms with Gasteiger partial charge in [-0.25, -0.2) is 0 Å². The first-order valence-corrected chi connectivity index (χ1v) is 10.8. The van der Waals surface area contributed by atoms with E-state index in [0.717, 1.165) is 12.8 Å². The molecule has 1 fully saturated rings. The molecule has 1 saturated carbocycles. The minimum absolute atomic E-state index is 0.0780. The number of aliphatic hydroxyl groups is 1. The molecular weight excluding hydrogens is 423 g/mol. The summed E-state index contributed by atoms with van der Waals surface area (Å²) >= 11 is 0. The van der Waals surface area contributed by atoms with Gasteiger partial charge in [0.05, 0.1) is 6.10 Å². The average molecular weight is 454 g/mol. The van der Waals surface area contributed by atoms with Gasteiger partial charge in [0.2, 0.25) is 0 Å². The first-order valence-electron chi connectivity index (χ1n) is 10.8. The molecule has 32 heavy (non-hydrogen) atoms. The van der Waals surface area contributed by atoms with Crippen LogP contribution in [0.5, 0.6) is 5.75 Å². The Balaban J connectivity index is 1.96. The molecule has 176 valence electrons. The number of ether oxygens (including phenoxy) is 1. The van der Waals surface area contributed by atoms with Crippen LogP contribution in [0.3, 0.4) is 0 Å². The van der Waals surface area contributed by atoms with Crippen molar-refractivity contribution in [2.45, 2.75) is 71.2 Å². The van der Waals surface area contributed by atoms with Crippen molar-refractivity contribution in [1.82, 2.24) is 0 Å². The number of rotatable bonds is 5. The van der Waals surface area contributed by atoms with Gasteiger partial charge in [0, 0.05) is 17.4 Å². The fourth-order valence-corrected chi connectivity index (χ4v) is 4.52. The van der Waals surface area contributed by atoms with Crippen LogP contribution >= 0.6 is 0 Å². The molecule has 0 aliphatic heterocycles. The van der Waals surface area contributed by atoms with E-state index in [4.69, 9.17) is 4.74 Å². The topological polar surface area (TPSA) is 72.6 Å². The van der Waals surface area contributed by atoms with Gasteiger partial charge in [-0.1, -0.05) is 39.0 Å². The molecule has 1 aliphatic carbocycles. The maximum Gasteiger partial charge on any atom is 0.420 e. The van der Waals surface area contributed by atoms with Gasteiger partial charge in [-0.3, -0.25) is 10.1 Å². The zero-order chi connectivity index (χ0) is 23.9. The second-order valence-corrected chi connectivity index (χ2v) is 10.0. The number of hydrogen-bond donors (Lipinski definition) is 1. The predicted octanol–water partition coefficient (Wildman–Crippen LogP) is 6.33. The Morgan fingerprint density at radius 1 is 1.06 bits per heavy atom. The van der Waals surface area contributed by atoms with Crippen molar-refractivity contribution >= 4 is 10.8 Å². The first-order chi connectivity index (χ1) is 14.8. The fourth-order valence-electron chi connectivity index (χ4n) is 4.52. The van der Waals surface area contributed by atoms with Crippen molar-refractivity contribution in [3.8, 4) is 5.75 Å². The smallest absolute Gasteiger partial charge is 0.420 e. The van der Waals surface area contributed by atoms with Gasteiger partial charge in [-0.2, -0.15) is 13.2 Å². The summed E-state index contributed by atoms with van der Waals surface area (Å²) in [6, 6.07) is 6.63. The maximum atomic E-state index is 14.1. The molecule has 0 heterocycles. The number of hydrogen-bond acceptors (Lipinski definition) is 4. The molecular formula is C24H30F3NO4. The monoisotopic (exact) mass is 453 g/mol. The van der Waals surface area contributed by atoms with E-state index in [2.05, 4.69) is 20.8 Å². The van der Waals surface area contributed by atoms with Crippen LogP contribution in [-0.2, 0) is 11.7 Å². The Hall–Kier alpha value is -2.35. The quantitative estimate of drug-likeness (QED) is 0.424.